The van der Waals surface area contributed by atoms with Crippen LogP contribution in [-0.4, -0.2) is 22.9 Å². The number of allylic oxidation sites excluding steroid dienone is 3. The normalized spacial score (nSPS) is 17.4. The van der Waals surface area contributed by atoms with Crippen molar-refractivity contribution in [1.29, 1.82) is 0 Å². The number of hydrogen-bond donors (Lipinski definition) is 1. The minimum absolute atomic E-state index is 0.103. The lowest BCUT2D eigenvalue weighted by atomic mass is 10.1. The summed E-state index contributed by atoms with van der Waals surface area (Å²) in [5, 5.41) is 5.58. The van der Waals surface area contributed by atoms with Gasteiger partial charge in [-0.05, 0) is 38.1 Å². The number of nitrogens with one attached hydrogen (secondary N) is 1. The lowest BCUT2D eigenvalue weighted by Crippen LogP contribution is -2.44. The van der Waals surface area contributed by atoms with Crippen molar-refractivity contribution in [2.45, 2.75) is 26.3 Å². The first-order chi connectivity index (χ1) is 7.92. The highest BCUT2D eigenvalue weighted by Crippen LogP contribution is 2.12. The van der Waals surface area contributed by atoms with Crippen molar-refractivity contribution in [2.75, 3.05) is 6.54 Å². The molecule has 0 saturated heterocycles. The SMILES string of the molecule is CC(C)(C)NC(=O)CN1C=CC=C/C1=C\N=O. The highest BCUT2D eigenvalue weighted by molar-refractivity contribution is 5.79. The second-order valence-electron chi connectivity index (χ2n) is 4.79. The third kappa shape index (κ3) is 4.63. The van der Waals surface area contributed by atoms with E-state index in [1.54, 1.807) is 29.3 Å². The van der Waals surface area contributed by atoms with Gasteiger partial charge in [0.2, 0.25) is 5.91 Å². The third-order valence-corrected chi connectivity index (χ3v) is 1.99. The van der Waals surface area contributed by atoms with E-state index in [-0.39, 0.29) is 18.0 Å². The van der Waals surface area contributed by atoms with E-state index in [1.165, 1.54) is 6.20 Å². The summed E-state index contributed by atoms with van der Waals surface area (Å²) in [7, 11) is 0. The first-order valence-electron chi connectivity index (χ1n) is 5.37. The van der Waals surface area contributed by atoms with Gasteiger partial charge >= 0.3 is 0 Å². The van der Waals surface area contributed by atoms with Gasteiger partial charge in [-0.25, -0.2) is 0 Å². The van der Waals surface area contributed by atoms with Crippen LogP contribution in [0.1, 0.15) is 20.8 Å². The van der Waals surface area contributed by atoms with Gasteiger partial charge < -0.3 is 10.2 Å². The van der Waals surface area contributed by atoms with Crippen molar-refractivity contribution < 1.29 is 4.79 Å². The Labute approximate surface area is 101 Å². The van der Waals surface area contributed by atoms with Gasteiger partial charge in [-0.1, -0.05) is 6.08 Å². The predicted octanol–water partition coefficient (Wildman–Crippen LogP) is 1.89. The Morgan fingerprint density at radius 2 is 2.18 bits per heavy atom. The molecule has 1 heterocycles. The molecular weight excluding hydrogens is 218 g/mol. The Bertz CT molecular complexity index is 389. The van der Waals surface area contributed by atoms with Gasteiger partial charge in [-0.15, -0.1) is 4.91 Å². The van der Waals surface area contributed by atoms with E-state index in [4.69, 9.17) is 0 Å². The predicted molar refractivity (Wildman–Crippen MR) is 66.8 cm³/mol. The Balaban J connectivity index is 2.64. The largest absolute Gasteiger partial charge is 0.350 e. The summed E-state index contributed by atoms with van der Waals surface area (Å²) in [6.07, 6.45) is 8.23. The van der Waals surface area contributed by atoms with Gasteiger partial charge in [0.15, 0.2) is 0 Å². The molecule has 1 rings (SSSR count). The minimum atomic E-state index is -0.265. The van der Waals surface area contributed by atoms with E-state index in [2.05, 4.69) is 10.5 Å². The second kappa shape index (κ2) is 5.43. The first kappa shape index (κ1) is 13.2. The van der Waals surface area contributed by atoms with Gasteiger partial charge in [0, 0.05) is 11.7 Å². The van der Waals surface area contributed by atoms with E-state index in [1.807, 2.05) is 20.8 Å². The fraction of sp³-hybridized carbons (Fsp3) is 0.417. The number of carbonyl (C=O) groups excluding carboxylic acids is 1. The Morgan fingerprint density at radius 3 is 2.76 bits per heavy atom. The Kier molecular flexibility index (Phi) is 4.20. The molecule has 0 spiro atoms. The molecule has 0 bridgehead atoms. The lowest BCUT2D eigenvalue weighted by molar-refractivity contribution is -0.122. The van der Waals surface area contributed by atoms with Gasteiger partial charge in [0.25, 0.3) is 0 Å². The molecule has 0 saturated carbocycles. The summed E-state index contributed by atoms with van der Waals surface area (Å²) in [5.74, 6) is -0.103. The molecule has 0 fully saturated rings. The number of carbonyl (C=O) groups is 1. The molecule has 17 heavy (non-hydrogen) atoms. The summed E-state index contributed by atoms with van der Waals surface area (Å²) in [4.78, 5) is 23.6. The van der Waals surface area contributed by atoms with Crippen LogP contribution in [-0.2, 0) is 4.79 Å². The average molecular weight is 235 g/mol. The van der Waals surface area contributed by atoms with Crippen molar-refractivity contribution in [3.63, 3.8) is 0 Å². The maximum absolute atomic E-state index is 11.7. The van der Waals surface area contributed by atoms with E-state index in [0.29, 0.717) is 5.70 Å². The van der Waals surface area contributed by atoms with Crippen molar-refractivity contribution in [2.24, 2.45) is 5.18 Å². The molecule has 0 aromatic heterocycles. The molecule has 1 aliphatic heterocycles. The minimum Gasteiger partial charge on any atom is -0.350 e. The molecule has 0 aromatic rings. The maximum Gasteiger partial charge on any atom is 0.240 e. The quantitative estimate of drug-likeness (QED) is 0.760. The number of hydrogen-bond acceptors (Lipinski definition) is 4. The number of rotatable bonds is 3. The molecule has 0 aromatic carbocycles. The molecule has 5 nitrogen and oxygen atoms in total. The van der Waals surface area contributed by atoms with E-state index >= 15 is 0 Å². The Hall–Kier alpha value is -1.91. The van der Waals surface area contributed by atoms with Crippen LogP contribution >= 0.6 is 0 Å². The second-order valence-corrected chi connectivity index (χ2v) is 4.79. The van der Waals surface area contributed by atoms with Crippen LogP contribution in [0, 0.1) is 4.91 Å². The number of nitrogens with zero attached hydrogens (tertiary/aromatic N) is 2. The third-order valence-electron chi connectivity index (χ3n) is 1.99. The van der Waals surface area contributed by atoms with Gasteiger partial charge in [0.05, 0.1) is 11.9 Å². The molecule has 0 aliphatic carbocycles. The van der Waals surface area contributed by atoms with Crippen molar-refractivity contribution in [3.05, 3.63) is 41.2 Å². The highest BCUT2D eigenvalue weighted by Gasteiger charge is 2.17. The molecule has 92 valence electrons. The van der Waals surface area contributed by atoms with Crippen molar-refractivity contribution in [1.82, 2.24) is 10.2 Å². The van der Waals surface area contributed by atoms with Crippen LogP contribution in [0.2, 0.25) is 0 Å². The van der Waals surface area contributed by atoms with Crippen LogP contribution in [0.4, 0.5) is 0 Å². The fourth-order valence-electron chi connectivity index (χ4n) is 1.42. The molecule has 5 heteroatoms. The summed E-state index contributed by atoms with van der Waals surface area (Å²) in [5.41, 5.74) is 0.339. The average Bonchev–Trinajstić information content (AvgIpc) is 2.18. The van der Waals surface area contributed by atoms with Crippen LogP contribution in [0.15, 0.2) is 41.5 Å². The monoisotopic (exact) mass is 235 g/mol. The van der Waals surface area contributed by atoms with E-state index < -0.39 is 0 Å². The summed E-state index contributed by atoms with van der Waals surface area (Å²) in [6, 6.07) is 0. The van der Waals surface area contributed by atoms with Gasteiger partial charge in [-0.2, -0.15) is 0 Å². The van der Waals surface area contributed by atoms with Gasteiger partial charge in [-0.3, -0.25) is 4.79 Å². The van der Waals surface area contributed by atoms with Crippen molar-refractivity contribution in [3.8, 4) is 0 Å². The first-order valence-corrected chi connectivity index (χ1v) is 5.37. The van der Waals surface area contributed by atoms with Crippen molar-refractivity contribution >= 4 is 5.91 Å². The molecule has 0 unspecified atom stereocenters. The summed E-state index contributed by atoms with van der Waals surface area (Å²) >= 11 is 0. The lowest BCUT2D eigenvalue weighted by Gasteiger charge is -2.26. The standard InChI is InChI=1S/C12H17N3O2/c1-12(2,3)14-11(16)9-15-7-5-4-6-10(15)8-13-17/h4-8H,9H2,1-3H3,(H,14,16)/b10-8+. The topological polar surface area (TPSA) is 61.8 Å². The molecular formula is C12H17N3O2. The zero-order valence-electron chi connectivity index (χ0n) is 10.3. The molecule has 1 N–H and O–H groups in total. The van der Waals surface area contributed by atoms with Crippen LogP contribution < -0.4 is 5.32 Å². The summed E-state index contributed by atoms with van der Waals surface area (Å²) < 4.78 is 0. The highest BCUT2D eigenvalue weighted by atomic mass is 16.2. The Morgan fingerprint density at radius 1 is 1.47 bits per heavy atom. The van der Waals surface area contributed by atoms with Crippen LogP contribution in [0.3, 0.4) is 0 Å². The summed E-state index contributed by atoms with van der Waals surface area (Å²) in [6.45, 7) is 5.92. The number of amides is 1. The zero-order chi connectivity index (χ0) is 12.9. The fourth-order valence-corrected chi connectivity index (χ4v) is 1.42. The zero-order valence-corrected chi connectivity index (χ0v) is 10.3. The van der Waals surface area contributed by atoms with E-state index in [9.17, 15) is 9.70 Å². The van der Waals surface area contributed by atoms with E-state index in [0.717, 1.165) is 0 Å². The molecule has 0 atom stereocenters. The molecule has 1 amide bonds. The molecule has 1 aliphatic rings. The van der Waals surface area contributed by atoms with Crippen LogP contribution in [0.25, 0.3) is 0 Å². The smallest absolute Gasteiger partial charge is 0.240 e. The maximum atomic E-state index is 11.7. The number of nitroso groups, excluding NO2 is 1. The van der Waals surface area contributed by atoms with Crippen LogP contribution in [0.5, 0.6) is 0 Å². The molecule has 0 radical (unpaired) electrons. The van der Waals surface area contributed by atoms with Gasteiger partial charge in [0.1, 0.15) is 6.54 Å².